The van der Waals surface area contributed by atoms with Crippen LogP contribution in [-0.2, 0) is 9.53 Å². The first-order valence-electron chi connectivity index (χ1n) is 4.74. The summed E-state index contributed by atoms with van der Waals surface area (Å²) in [6.07, 6.45) is 3.40. The van der Waals surface area contributed by atoms with E-state index in [1.165, 1.54) is 7.11 Å². The van der Waals surface area contributed by atoms with Gasteiger partial charge in [0, 0.05) is 29.1 Å². The summed E-state index contributed by atoms with van der Waals surface area (Å²) in [5.41, 5.74) is 0.725. The van der Waals surface area contributed by atoms with Gasteiger partial charge in [-0.1, -0.05) is 30.2 Å². The van der Waals surface area contributed by atoms with Gasteiger partial charge in [0.25, 0.3) is 0 Å². The molecule has 78 valence electrons. The summed E-state index contributed by atoms with van der Waals surface area (Å²) in [6.45, 7) is 0. The molecule has 0 aliphatic heterocycles. The van der Waals surface area contributed by atoms with E-state index in [2.05, 4.69) is 21.6 Å². The summed E-state index contributed by atoms with van der Waals surface area (Å²) in [4.78, 5) is 15.0. The highest BCUT2D eigenvalue weighted by Gasteiger charge is 1.98. The van der Waals surface area contributed by atoms with Gasteiger partial charge in [0.2, 0.25) is 0 Å². The summed E-state index contributed by atoms with van der Waals surface area (Å²) < 4.78 is 4.45. The van der Waals surface area contributed by atoms with Crippen LogP contribution in [0.15, 0.2) is 36.7 Å². The molecule has 2 aromatic rings. The molecule has 0 saturated heterocycles. The predicted molar refractivity (Wildman–Crippen MR) is 60.6 cm³/mol. The number of nitrogens with zero attached hydrogens (tertiary/aromatic N) is 1. The van der Waals surface area contributed by atoms with E-state index in [1.54, 1.807) is 12.4 Å². The van der Waals surface area contributed by atoms with Crippen LogP contribution in [0.5, 0.6) is 0 Å². The van der Waals surface area contributed by atoms with E-state index in [0.717, 1.165) is 16.3 Å². The molecule has 0 saturated carbocycles. The van der Waals surface area contributed by atoms with Gasteiger partial charge in [0.15, 0.2) is 0 Å². The van der Waals surface area contributed by atoms with Crippen molar-refractivity contribution in [1.82, 2.24) is 4.98 Å². The van der Waals surface area contributed by atoms with E-state index >= 15 is 0 Å². The molecular formula is C13H9NO2. The Balaban J connectivity index is 2.51. The van der Waals surface area contributed by atoms with Crippen molar-refractivity contribution >= 4 is 16.7 Å². The number of hydrogen-bond acceptors (Lipinski definition) is 3. The van der Waals surface area contributed by atoms with Crippen LogP contribution in [0.25, 0.3) is 10.8 Å². The fourth-order valence-corrected chi connectivity index (χ4v) is 1.39. The molecule has 0 amide bonds. The molecule has 0 aliphatic carbocycles. The number of benzene rings is 1. The van der Waals surface area contributed by atoms with Gasteiger partial charge in [-0.15, -0.1) is 0 Å². The van der Waals surface area contributed by atoms with Crippen molar-refractivity contribution in [1.29, 1.82) is 0 Å². The fraction of sp³-hybridized carbons (Fsp3) is 0.0769. The van der Waals surface area contributed by atoms with Crippen LogP contribution in [0.4, 0.5) is 0 Å². The van der Waals surface area contributed by atoms with Crippen LogP contribution >= 0.6 is 0 Å². The Morgan fingerprint density at radius 1 is 1.31 bits per heavy atom. The van der Waals surface area contributed by atoms with Gasteiger partial charge >= 0.3 is 5.97 Å². The molecule has 1 aromatic carbocycles. The summed E-state index contributed by atoms with van der Waals surface area (Å²) >= 11 is 0. The lowest BCUT2D eigenvalue weighted by Gasteiger charge is -1.98. The minimum atomic E-state index is -0.548. The Morgan fingerprint density at radius 3 is 2.94 bits per heavy atom. The number of esters is 1. The lowest BCUT2D eigenvalue weighted by molar-refractivity contribution is -0.133. The molecule has 1 aromatic heterocycles. The maximum absolute atomic E-state index is 10.9. The van der Waals surface area contributed by atoms with Gasteiger partial charge in [0.05, 0.1) is 12.7 Å². The second-order valence-corrected chi connectivity index (χ2v) is 3.15. The van der Waals surface area contributed by atoms with Gasteiger partial charge in [-0.2, -0.15) is 0 Å². The van der Waals surface area contributed by atoms with Gasteiger partial charge in [0.1, 0.15) is 0 Å². The van der Waals surface area contributed by atoms with Crippen molar-refractivity contribution in [2.45, 2.75) is 0 Å². The second-order valence-electron chi connectivity index (χ2n) is 3.15. The highest BCUT2D eigenvalue weighted by molar-refractivity contribution is 5.92. The zero-order valence-corrected chi connectivity index (χ0v) is 8.73. The molecule has 0 aliphatic rings. The fourth-order valence-electron chi connectivity index (χ4n) is 1.39. The van der Waals surface area contributed by atoms with Crippen molar-refractivity contribution in [3.05, 3.63) is 42.2 Å². The third-order valence-electron chi connectivity index (χ3n) is 2.15. The van der Waals surface area contributed by atoms with Crippen molar-refractivity contribution < 1.29 is 9.53 Å². The maximum atomic E-state index is 10.9. The lowest BCUT2D eigenvalue weighted by atomic mass is 10.1. The predicted octanol–water partition coefficient (Wildman–Crippen LogP) is 1.76. The lowest BCUT2D eigenvalue weighted by Crippen LogP contribution is -1.94. The monoisotopic (exact) mass is 211 g/mol. The van der Waals surface area contributed by atoms with Crippen molar-refractivity contribution in [3.8, 4) is 11.8 Å². The molecule has 0 unspecified atom stereocenters. The van der Waals surface area contributed by atoms with Crippen LogP contribution in [0, 0.1) is 11.8 Å². The highest BCUT2D eigenvalue weighted by Crippen LogP contribution is 2.15. The van der Waals surface area contributed by atoms with E-state index in [1.807, 2.05) is 24.3 Å². The topological polar surface area (TPSA) is 39.2 Å². The first kappa shape index (κ1) is 10.2. The zero-order chi connectivity index (χ0) is 11.4. The summed E-state index contributed by atoms with van der Waals surface area (Å²) in [5, 5.41) is 1.98. The van der Waals surface area contributed by atoms with Gasteiger partial charge in [-0.3, -0.25) is 4.98 Å². The number of fused-ring (bicyclic) bond motifs is 1. The van der Waals surface area contributed by atoms with Crippen molar-refractivity contribution in [3.63, 3.8) is 0 Å². The SMILES string of the molecule is COC(=O)C#Cc1cncc2ccccc12. The van der Waals surface area contributed by atoms with Gasteiger partial charge in [-0.25, -0.2) is 4.79 Å². The average Bonchev–Trinajstić information content (AvgIpc) is 2.35. The molecule has 0 N–H and O–H groups in total. The summed E-state index contributed by atoms with van der Waals surface area (Å²) in [7, 11) is 1.30. The molecule has 0 bridgehead atoms. The molecule has 0 fully saturated rings. The van der Waals surface area contributed by atoms with Crippen LogP contribution in [0.1, 0.15) is 5.56 Å². The quantitative estimate of drug-likeness (QED) is 0.492. The molecule has 3 nitrogen and oxygen atoms in total. The van der Waals surface area contributed by atoms with Crippen LogP contribution < -0.4 is 0 Å². The van der Waals surface area contributed by atoms with E-state index in [4.69, 9.17) is 0 Å². The van der Waals surface area contributed by atoms with E-state index in [-0.39, 0.29) is 0 Å². The molecule has 16 heavy (non-hydrogen) atoms. The molecule has 2 rings (SSSR count). The van der Waals surface area contributed by atoms with Crippen molar-refractivity contribution in [2.24, 2.45) is 0 Å². The third-order valence-corrected chi connectivity index (χ3v) is 2.15. The normalized spacial score (nSPS) is 9.31. The number of carbonyl (C=O) groups excluding carboxylic acids is 1. The van der Waals surface area contributed by atoms with E-state index in [0.29, 0.717) is 0 Å². The van der Waals surface area contributed by atoms with Gasteiger partial charge < -0.3 is 4.74 Å². The minimum absolute atomic E-state index is 0.548. The second kappa shape index (κ2) is 4.45. The zero-order valence-electron chi connectivity index (χ0n) is 8.73. The molecule has 1 heterocycles. The number of ether oxygens (including phenoxy) is 1. The number of methoxy groups -OCH3 is 1. The third kappa shape index (κ3) is 2.01. The Kier molecular flexibility index (Phi) is 2.84. The minimum Gasteiger partial charge on any atom is -0.459 e. The first-order valence-corrected chi connectivity index (χ1v) is 4.74. The number of carbonyl (C=O) groups is 1. The number of hydrogen-bond donors (Lipinski definition) is 0. The molecular weight excluding hydrogens is 202 g/mol. The Hall–Kier alpha value is -2.34. The number of aromatic nitrogens is 1. The van der Waals surface area contributed by atoms with E-state index in [9.17, 15) is 4.79 Å². The van der Waals surface area contributed by atoms with Crippen LogP contribution in [0.3, 0.4) is 0 Å². The molecule has 0 atom stereocenters. The maximum Gasteiger partial charge on any atom is 0.384 e. The Bertz CT molecular complexity index is 588. The van der Waals surface area contributed by atoms with Gasteiger partial charge in [-0.05, 0) is 0 Å². The number of rotatable bonds is 0. The Labute approximate surface area is 93.1 Å². The number of pyridine rings is 1. The average molecular weight is 211 g/mol. The van der Waals surface area contributed by atoms with Crippen LogP contribution in [0.2, 0.25) is 0 Å². The van der Waals surface area contributed by atoms with E-state index < -0.39 is 5.97 Å². The summed E-state index contributed by atoms with van der Waals surface area (Å²) in [5.74, 6) is 4.59. The molecule has 0 radical (unpaired) electrons. The largest absolute Gasteiger partial charge is 0.459 e. The first-order chi connectivity index (χ1) is 7.81. The standard InChI is InChI=1S/C13H9NO2/c1-16-13(15)7-6-11-9-14-8-10-4-2-3-5-12(10)11/h2-5,8-9H,1H3. The molecule has 3 heteroatoms. The highest BCUT2D eigenvalue weighted by atomic mass is 16.5. The Morgan fingerprint density at radius 2 is 2.12 bits per heavy atom. The summed E-state index contributed by atoms with van der Waals surface area (Å²) in [6, 6.07) is 7.75. The smallest absolute Gasteiger partial charge is 0.384 e. The van der Waals surface area contributed by atoms with Crippen molar-refractivity contribution in [2.75, 3.05) is 7.11 Å². The molecule has 0 spiro atoms. The van der Waals surface area contributed by atoms with Crippen LogP contribution in [-0.4, -0.2) is 18.1 Å².